The second-order valence-electron chi connectivity index (χ2n) is 3.03. The van der Waals surface area contributed by atoms with Crippen molar-refractivity contribution in [3.63, 3.8) is 0 Å². The fourth-order valence-electron chi connectivity index (χ4n) is 1.03. The van der Waals surface area contributed by atoms with E-state index in [-0.39, 0.29) is 11.3 Å². The van der Waals surface area contributed by atoms with Crippen LogP contribution in [-0.4, -0.2) is 5.11 Å². The fraction of sp³-hybridized carbons (Fsp3) is 0.556. The molecule has 3 heteroatoms. The van der Waals surface area contributed by atoms with E-state index in [1.165, 1.54) is 12.8 Å². The Morgan fingerprint density at radius 2 is 1.92 bits per heavy atom. The lowest BCUT2D eigenvalue weighted by atomic mass is 10.1. The van der Waals surface area contributed by atoms with Crippen LogP contribution in [0.4, 0.5) is 0 Å². The van der Waals surface area contributed by atoms with Crippen LogP contribution in [0, 0.1) is 28.6 Å². The number of aliphatic hydroxyl groups excluding tert-OH is 1. The van der Waals surface area contributed by atoms with Gasteiger partial charge in [0.05, 0.1) is 0 Å². The summed E-state index contributed by atoms with van der Waals surface area (Å²) in [5, 5.41) is 26.0. The van der Waals surface area contributed by atoms with E-state index in [9.17, 15) is 5.11 Å². The van der Waals surface area contributed by atoms with Gasteiger partial charge < -0.3 is 5.11 Å². The first-order valence-electron chi connectivity index (χ1n) is 4.00. The molecule has 0 amide bonds. The summed E-state index contributed by atoms with van der Waals surface area (Å²) in [6.07, 6.45) is 3.82. The van der Waals surface area contributed by atoms with Gasteiger partial charge in [-0.3, -0.25) is 0 Å². The first-order chi connectivity index (χ1) is 5.77. The molecule has 1 aliphatic rings. The Morgan fingerprint density at radius 1 is 1.33 bits per heavy atom. The summed E-state index contributed by atoms with van der Waals surface area (Å²) in [6.45, 7) is 0. The van der Waals surface area contributed by atoms with Gasteiger partial charge in [-0.15, -0.1) is 0 Å². The van der Waals surface area contributed by atoms with E-state index < -0.39 is 0 Å². The highest BCUT2D eigenvalue weighted by Crippen LogP contribution is 2.34. The van der Waals surface area contributed by atoms with Crippen molar-refractivity contribution in [1.29, 1.82) is 10.5 Å². The van der Waals surface area contributed by atoms with Gasteiger partial charge in [0.2, 0.25) is 0 Å². The molecule has 0 heterocycles. The molecule has 1 saturated carbocycles. The summed E-state index contributed by atoms with van der Waals surface area (Å²) in [4.78, 5) is 0. The molecule has 1 rings (SSSR count). The zero-order chi connectivity index (χ0) is 8.97. The van der Waals surface area contributed by atoms with Crippen LogP contribution in [0.3, 0.4) is 0 Å². The molecule has 1 aliphatic carbocycles. The lowest BCUT2D eigenvalue weighted by Gasteiger charge is -1.96. The summed E-state index contributed by atoms with van der Waals surface area (Å²) >= 11 is 0. The zero-order valence-electron chi connectivity index (χ0n) is 6.75. The Labute approximate surface area is 71.5 Å². The molecule has 0 radical (unpaired) electrons. The van der Waals surface area contributed by atoms with Crippen LogP contribution in [-0.2, 0) is 0 Å². The van der Waals surface area contributed by atoms with Crippen LogP contribution in [0.25, 0.3) is 0 Å². The maximum Gasteiger partial charge on any atom is 0.166 e. The SMILES string of the molecule is N#CC(C#N)=C(O)CCC1CC1. The standard InChI is InChI=1S/C9H10N2O/c10-5-8(6-11)9(12)4-3-7-1-2-7/h7,12H,1-4H2. The van der Waals surface area contributed by atoms with Crippen molar-refractivity contribution in [2.24, 2.45) is 5.92 Å². The van der Waals surface area contributed by atoms with Crippen molar-refractivity contribution in [3.8, 4) is 12.1 Å². The van der Waals surface area contributed by atoms with Gasteiger partial charge in [0.1, 0.15) is 17.9 Å². The molecule has 0 aromatic carbocycles. The van der Waals surface area contributed by atoms with Crippen LogP contribution >= 0.6 is 0 Å². The van der Waals surface area contributed by atoms with E-state index in [2.05, 4.69) is 0 Å². The molecule has 0 aromatic heterocycles. The number of nitrogens with zero attached hydrogens (tertiary/aromatic N) is 2. The number of aliphatic hydroxyl groups is 1. The highest BCUT2D eigenvalue weighted by molar-refractivity contribution is 5.37. The Bertz CT molecular complexity index is 260. The molecule has 0 saturated heterocycles. The van der Waals surface area contributed by atoms with Crippen molar-refractivity contribution in [3.05, 3.63) is 11.3 Å². The van der Waals surface area contributed by atoms with Gasteiger partial charge >= 0.3 is 0 Å². The summed E-state index contributed by atoms with van der Waals surface area (Å²) < 4.78 is 0. The van der Waals surface area contributed by atoms with Gasteiger partial charge in [-0.25, -0.2) is 0 Å². The molecule has 12 heavy (non-hydrogen) atoms. The van der Waals surface area contributed by atoms with Gasteiger partial charge in [-0.2, -0.15) is 10.5 Å². The number of hydrogen-bond donors (Lipinski definition) is 1. The third kappa shape index (κ3) is 2.29. The molecule has 1 fully saturated rings. The minimum absolute atomic E-state index is 0.0492. The van der Waals surface area contributed by atoms with Crippen molar-refractivity contribution >= 4 is 0 Å². The quantitative estimate of drug-likeness (QED) is 0.510. The van der Waals surface area contributed by atoms with E-state index in [1.54, 1.807) is 12.1 Å². The molecule has 1 N–H and O–H groups in total. The van der Waals surface area contributed by atoms with E-state index in [0.29, 0.717) is 12.3 Å². The van der Waals surface area contributed by atoms with Gasteiger partial charge in [0.25, 0.3) is 0 Å². The normalized spacial score (nSPS) is 14.5. The first-order valence-corrected chi connectivity index (χ1v) is 4.00. The second kappa shape index (κ2) is 3.78. The molecule has 0 aromatic rings. The van der Waals surface area contributed by atoms with Crippen LogP contribution in [0.5, 0.6) is 0 Å². The van der Waals surface area contributed by atoms with Crippen LogP contribution in [0.15, 0.2) is 11.3 Å². The van der Waals surface area contributed by atoms with Crippen LogP contribution < -0.4 is 0 Å². The molecule has 62 valence electrons. The zero-order valence-corrected chi connectivity index (χ0v) is 6.75. The number of nitriles is 2. The first kappa shape index (κ1) is 8.62. The minimum Gasteiger partial charge on any atom is -0.510 e. The molecule has 0 aliphatic heterocycles. The average Bonchev–Trinajstić information content (AvgIpc) is 2.86. The highest BCUT2D eigenvalue weighted by atomic mass is 16.3. The summed E-state index contributed by atoms with van der Waals surface area (Å²) in [6, 6.07) is 3.33. The minimum atomic E-state index is -0.143. The van der Waals surface area contributed by atoms with Crippen molar-refractivity contribution in [1.82, 2.24) is 0 Å². The molecular weight excluding hydrogens is 152 g/mol. The Hall–Kier alpha value is -1.48. The molecule has 0 unspecified atom stereocenters. The summed E-state index contributed by atoms with van der Waals surface area (Å²) in [7, 11) is 0. The number of rotatable bonds is 3. The predicted octanol–water partition coefficient (Wildman–Crippen LogP) is 2.04. The number of allylic oxidation sites excluding steroid dienone is 2. The van der Waals surface area contributed by atoms with E-state index >= 15 is 0 Å². The van der Waals surface area contributed by atoms with E-state index in [1.807, 2.05) is 0 Å². The summed E-state index contributed by atoms with van der Waals surface area (Å²) in [5.74, 6) is 0.665. The lowest BCUT2D eigenvalue weighted by molar-refractivity contribution is 0.377. The number of hydrogen-bond acceptors (Lipinski definition) is 3. The van der Waals surface area contributed by atoms with Crippen molar-refractivity contribution in [2.45, 2.75) is 25.7 Å². The Morgan fingerprint density at radius 3 is 2.33 bits per heavy atom. The predicted molar refractivity (Wildman–Crippen MR) is 42.8 cm³/mol. The Kier molecular flexibility index (Phi) is 2.71. The van der Waals surface area contributed by atoms with Crippen molar-refractivity contribution in [2.75, 3.05) is 0 Å². The van der Waals surface area contributed by atoms with Crippen LogP contribution in [0.2, 0.25) is 0 Å². The van der Waals surface area contributed by atoms with E-state index in [0.717, 1.165) is 6.42 Å². The molecule has 0 atom stereocenters. The molecular formula is C9H10N2O. The van der Waals surface area contributed by atoms with Crippen molar-refractivity contribution < 1.29 is 5.11 Å². The largest absolute Gasteiger partial charge is 0.510 e. The third-order valence-electron chi connectivity index (χ3n) is 2.00. The maximum atomic E-state index is 9.22. The molecule has 0 bridgehead atoms. The van der Waals surface area contributed by atoms with Gasteiger partial charge in [-0.05, 0) is 12.3 Å². The maximum absolute atomic E-state index is 9.22. The van der Waals surface area contributed by atoms with Crippen LogP contribution in [0.1, 0.15) is 25.7 Å². The summed E-state index contributed by atoms with van der Waals surface area (Å²) in [5.41, 5.74) is -0.143. The molecule has 0 spiro atoms. The fourth-order valence-corrected chi connectivity index (χ4v) is 1.03. The topological polar surface area (TPSA) is 67.8 Å². The monoisotopic (exact) mass is 162 g/mol. The Balaban J connectivity index is 2.44. The third-order valence-corrected chi connectivity index (χ3v) is 2.00. The van der Waals surface area contributed by atoms with Gasteiger partial charge in [0.15, 0.2) is 5.57 Å². The molecule has 3 nitrogen and oxygen atoms in total. The average molecular weight is 162 g/mol. The second-order valence-corrected chi connectivity index (χ2v) is 3.03. The van der Waals surface area contributed by atoms with Gasteiger partial charge in [0, 0.05) is 6.42 Å². The lowest BCUT2D eigenvalue weighted by Crippen LogP contribution is -1.88. The smallest absolute Gasteiger partial charge is 0.166 e. The van der Waals surface area contributed by atoms with Gasteiger partial charge in [-0.1, -0.05) is 12.8 Å². The highest BCUT2D eigenvalue weighted by Gasteiger charge is 2.21. The van der Waals surface area contributed by atoms with E-state index in [4.69, 9.17) is 10.5 Å².